The van der Waals surface area contributed by atoms with Crippen LogP contribution in [-0.4, -0.2) is 82.3 Å². The summed E-state index contributed by atoms with van der Waals surface area (Å²) in [5.74, 6) is -2.30. The predicted octanol–water partition coefficient (Wildman–Crippen LogP) is 10.1. The second-order valence-corrected chi connectivity index (χ2v) is 16.0. The smallest absolute Gasteiger partial charge is 0.306 e. The number of hydrogen-bond acceptors (Lipinski definition) is 8. The Morgan fingerprint density at radius 2 is 0.982 bits per heavy atom. The molecule has 55 heavy (non-hydrogen) atoms. The highest BCUT2D eigenvalue weighted by molar-refractivity contribution is 5.70. The van der Waals surface area contributed by atoms with Crippen molar-refractivity contribution in [3.8, 4) is 0 Å². The molecule has 0 saturated heterocycles. The van der Waals surface area contributed by atoms with E-state index < -0.39 is 24.3 Å². The number of hydrogen-bond donors (Lipinski definition) is 0. The number of ether oxygens (including phenoxy) is 4. The summed E-state index contributed by atoms with van der Waals surface area (Å²) >= 11 is 0. The summed E-state index contributed by atoms with van der Waals surface area (Å²) in [5, 5.41) is 11.7. The molecule has 0 aliphatic rings. The first kappa shape index (κ1) is 52.5. The molecule has 0 heterocycles. The third-order valence-corrected chi connectivity index (χ3v) is 9.39. The number of carbonyl (C=O) groups excluding carboxylic acids is 3. The lowest BCUT2D eigenvalue weighted by Gasteiger charge is -2.26. The monoisotopic (exact) mass is 778 g/mol. The number of aliphatic carboxylic acids is 1. The Balaban J connectivity index is 4.40. The average molecular weight is 778 g/mol. The quantitative estimate of drug-likeness (QED) is 0.0199. The van der Waals surface area contributed by atoms with Gasteiger partial charge in [-0.05, 0) is 51.4 Å². The van der Waals surface area contributed by atoms with Gasteiger partial charge >= 0.3 is 11.9 Å². The highest BCUT2D eigenvalue weighted by Crippen LogP contribution is 2.13. The fraction of sp³-hybridized carbons (Fsp3) is 0.804. The van der Waals surface area contributed by atoms with Crippen molar-refractivity contribution in [1.29, 1.82) is 0 Å². The minimum atomic E-state index is -1.62. The second-order valence-electron chi connectivity index (χ2n) is 16.0. The lowest BCUT2D eigenvalue weighted by molar-refractivity contribution is -0.870. The normalized spacial score (nSPS) is 13.3. The first-order valence-corrected chi connectivity index (χ1v) is 22.1. The first-order chi connectivity index (χ1) is 26.6. The molecule has 0 amide bonds. The van der Waals surface area contributed by atoms with Crippen molar-refractivity contribution < 1.29 is 42.9 Å². The molecule has 0 aromatic carbocycles. The Morgan fingerprint density at radius 1 is 0.545 bits per heavy atom. The first-order valence-electron chi connectivity index (χ1n) is 22.1. The largest absolute Gasteiger partial charge is 0.545 e. The van der Waals surface area contributed by atoms with Crippen LogP contribution in [0.5, 0.6) is 0 Å². The molecule has 2 atom stereocenters. The van der Waals surface area contributed by atoms with Crippen molar-refractivity contribution in [2.45, 2.75) is 193 Å². The van der Waals surface area contributed by atoms with Gasteiger partial charge in [-0.25, -0.2) is 0 Å². The lowest BCUT2D eigenvalue weighted by Crippen LogP contribution is -2.44. The number of carboxylic acids is 1. The van der Waals surface area contributed by atoms with Crippen LogP contribution in [0.2, 0.25) is 0 Å². The molecule has 0 radical (unpaired) electrons. The van der Waals surface area contributed by atoms with Gasteiger partial charge in [0.05, 0.1) is 40.3 Å². The van der Waals surface area contributed by atoms with E-state index >= 15 is 0 Å². The zero-order chi connectivity index (χ0) is 40.7. The van der Waals surface area contributed by atoms with Crippen molar-refractivity contribution in [3.05, 3.63) is 36.5 Å². The fourth-order valence-electron chi connectivity index (χ4n) is 5.89. The molecule has 0 bridgehead atoms. The molecule has 0 fully saturated rings. The van der Waals surface area contributed by atoms with Crippen LogP contribution >= 0.6 is 0 Å². The molecule has 2 unspecified atom stereocenters. The van der Waals surface area contributed by atoms with E-state index in [0.717, 1.165) is 70.6 Å². The highest BCUT2D eigenvalue weighted by Gasteiger charge is 2.21. The molecule has 9 heteroatoms. The maximum atomic E-state index is 12.7. The molecule has 0 aromatic rings. The van der Waals surface area contributed by atoms with E-state index in [1.54, 1.807) is 0 Å². The molecule has 9 nitrogen and oxygen atoms in total. The Morgan fingerprint density at radius 3 is 1.45 bits per heavy atom. The van der Waals surface area contributed by atoms with Crippen molar-refractivity contribution in [2.75, 3.05) is 47.5 Å². The molecule has 0 saturated carbocycles. The van der Waals surface area contributed by atoms with Gasteiger partial charge in [-0.1, -0.05) is 153 Å². The lowest BCUT2D eigenvalue weighted by atomic mass is 10.1. The molecule has 0 aromatic heterocycles. The van der Waals surface area contributed by atoms with E-state index in [1.807, 2.05) is 21.1 Å². The number of esters is 2. The van der Waals surface area contributed by atoms with Crippen molar-refractivity contribution in [1.82, 2.24) is 0 Å². The van der Waals surface area contributed by atoms with Crippen LogP contribution in [0, 0.1) is 0 Å². The summed E-state index contributed by atoms with van der Waals surface area (Å²) in [4.78, 5) is 36.8. The Hall–Kier alpha value is -2.49. The maximum absolute atomic E-state index is 12.7. The average Bonchev–Trinajstić information content (AvgIpc) is 3.14. The van der Waals surface area contributed by atoms with E-state index in [1.165, 1.54) is 77.0 Å². The van der Waals surface area contributed by atoms with Gasteiger partial charge in [0.25, 0.3) is 0 Å². The molecule has 320 valence electrons. The molecule has 0 N–H and O–H groups in total. The van der Waals surface area contributed by atoms with E-state index in [-0.39, 0.29) is 38.6 Å². The summed E-state index contributed by atoms with van der Waals surface area (Å²) in [6.45, 7) is 4.68. The van der Waals surface area contributed by atoms with Crippen LogP contribution in [-0.2, 0) is 33.3 Å². The van der Waals surface area contributed by atoms with Crippen LogP contribution in [0.3, 0.4) is 0 Å². The van der Waals surface area contributed by atoms with E-state index in [4.69, 9.17) is 18.9 Å². The molecule has 0 aliphatic carbocycles. The van der Waals surface area contributed by atoms with Gasteiger partial charge in [0.15, 0.2) is 12.4 Å². The maximum Gasteiger partial charge on any atom is 0.306 e. The van der Waals surface area contributed by atoms with E-state index in [2.05, 4.69) is 50.3 Å². The van der Waals surface area contributed by atoms with Crippen molar-refractivity contribution in [3.63, 3.8) is 0 Å². The molecular weight excluding hydrogens is 695 g/mol. The number of rotatable bonds is 40. The van der Waals surface area contributed by atoms with Crippen LogP contribution in [0.15, 0.2) is 36.5 Å². The van der Waals surface area contributed by atoms with Gasteiger partial charge in [-0.15, -0.1) is 0 Å². The number of allylic oxidation sites excluding steroid dienone is 6. The number of unbranched alkanes of at least 4 members (excludes halogenated alkanes) is 19. The van der Waals surface area contributed by atoms with E-state index in [9.17, 15) is 19.5 Å². The van der Waals surface area contributed by atoms with E-state index in [0.29, 0.717) is 17.4 Å². The summed E-state index contributed by atoms with van der Waals surface area (Å²) in [7, 11) is 5.90. The third kappa shape index (κ3) is 39.5. The SMILES string of the molecule is CCCCCCC/C=C\C/C=C\C/C=C\CCCCCCCCC(=O)OC(COC(=O)CCCCCCCCCCC)COC(OCC[N+](C)(C)C)C(=O)[O-]. The van der Waals surface area contributed by atoms with Crippen LogP contribution in [0.1, 0.15) is 181 Å². The van der Waals surface area contributed by atoms with Crippen molar-refractivity contribution >= 4 is 17.9 Å². The summed E-state index contributed by atoms with van der Waals surface area (Å²) in [6.07, 6.45) is 38.9. The predicted molar refractivity (Wildman–Crippen MR) is 223 cm³/mol. The molecule has 0 spiro atoms. The van der Waals surface area contributed by atoms with Crippen molar-refractivity contribution in [2.24, 2.45) is 0 Å². The highest BCUT2D eigenvalue weighted by atomic mass is 16.7. The second kappa shape index (κ2) is 38.4. The van der Waals surface area contributed by atoms with Gasteiger partial charge in [0.2, 0.25) is 0 Å². The summed E-state index contributed by atoms with van der Waals surface area (Å²) in [5.41, 5.74) is 0. The van der Waals surface area contributed by atoms with Gasteiger partial charge in [0, 0.05) is 12.8 Å². The zero-order valence-corrected chi connectivity index (χ0v) is 36.0. The van der Waals surface area contributed by atoms with Crippen LogP contribution < -0.4 is 5.11 Å². The minimum absolute atomic E-state index is 0.145. The van der Waals surface area contributed by atoms with Gasteiger partial charge in [0.1, 0.15) is 13.2 Å². The molecule has 0 rings (SSSR count). The van der Waals surface area contributed by atoms with Gasteiger partial charge in [-0.2, -0.15) is 0 Å². The Kier molecular flexibility index (Phi) is 36.6. The number of carbonyl (C=O) groups is 3. The number of nitrogens with zero attached hydrogens (tertiary/aromatic N) is 1. The Labute approximate surface area is 337 Å². The molecular formula is C46H83NO8. The van der Waals surface area contributed by atoms with Crippen LogP contribution in [0.25, 0.3) is 0 Å². The molecule has 0 aliphatic heterocycles. The number of quaternary nitrogens is 1. The summed E-state index contributed by atoms with van der Waals surface area (Å²) < 4.78 is 22.5. The van der Waals surface area contributed by atoms with Crippen LogP contribution in [0.4, 0.5) is 0 Å². The number of carboxylic acid groups (broad SMARTS) is 1. The van der Waals surface area contributed by atoms with Gasteiger partial charge < -0.3 is 33.3 Å². The zero-order valence-electron chi connectivity index (χ0n) is 36.0. The minimum Gasteiger partial charge on any atom is -0.545 e. The standard InChI is InChI=1S/C46H83NO8/c1-6-8-10-12-14-16-17-18-19-20-21-22-23-24-25-26-27-29-31-33-35-37-44(49)55-42(41-54-46(45(50)51)52-39-38-47(3,4)5)40-53-43(48)36-34-32-30-28-15-13-11-9-7-2/h17-18,20-21,23-24,42,46H,6-16,19,22,25-41H2,1-5H3/b18-17-,21-20-,24-23-. The summed E-state index contributed by atoms with van der Waals surface area (Å²) in [6, 6.07) is 0. The van der Waals surface area contributed by atoms with Gasteiger partial charge in [-0.3, -0.25) is 9.59 Å². The topological polar surface area (TPSA) is 111 Å². The Bertz CT molecular complexity index is 1000. The number of likely N-dealkylation sites (N-methyl/N-ethyl adjacent to an activating group) is 1. The fourth-order valence-corrected chi connectivity index (χ4v) is 5.89. The third-order valence-electron chi connectivity index (χ3n) is 9.39.